The smallest absolute Gasteiger partial charge is 0.404 e. The quantitative estimate of drug-likeness (QED) is 0.282. The van der Waals surface area contributed by atoms with Crippen molar-refractivity contribution in [2.45, 2.75) is 58.0 Å². The molecule has 2 atom stereocenters. The molecule has 8 heteroatoms. The molecule has 218 valence electrons. The maximum atomic E-state index is 13.6. The Balaban J connectivity index is 1.58. The van der Waals surface area contributed by atoms with E-state index in [1.165, 1.54) is 5.56 Å². The number of likely N-dealkylation sites (tertiary alicyclic amines) is 1. The van der Waals surface area contributed by atoms with Crippen molar-refractivity contribution in [1.29, 1.82) is 0 Å². The van der Waals surface area contributed by atoms with E-state index >= 15 is 0 Å². The van der Waals surface area contributed by atoms with Crippen LogP contribution in [0.5, 0.6) is 0 Å². The van der Waals surface area contributed by atoms with Gasteiger partial charge in [0.05, 0.1) is 12.7 Å². The van der Waals surface area contributed by atoms with Gasteiger partial charge in [-0.25, -0.2) is 4.79 Å². The zero-order chi connectivity index (χ0) is 28.5. The van der Waals surface area contributed by atoms with Crippen LogP contribution in [0.3, 0.4) is 0 Å². The summed E-state index contributed by atoms with van der Waals surface area (Å²) < 4.78 is 6.48. The molecule has 2 aromatic rings. The SMILES string of the molecule is CCc1cccc(-c2c(Cl)cccc2[C@H](OCCNC(=O)O)[C@@H]2CCCN(C(=O)C3CCC(CNC)CC3)C2)c1. The van der Waals surface area contributed by atoms with E-state index in [2.05, 4.69) is 52.8 Å². The van der Waals surface area contributed by atoms with E-state index in [0.29, 0.717) is 17.5 Å². The Morgan fingerprint density at radius 3 is 2.62 bits per heavy atom. The van der Waals surface area contributed by atoms with Gasteiger partial charge in [0.1, 0.15) is 0 Å². The van der Waals surface area contributed by atoms with Gasteiger partial charge >= 0.3 is 6.09 Å². The van der Waals surface area contributed by atoms with E-state index in [4.69, 9.17) is 21.4 Å². The molecule has 0 unspecified atom stereocenters. The molecule has 2 aliphatic rings. The van der Waals surface area contributed by atoms with Crippen LogP contribution < -0.4 is 10.6 Å². The van der Waals surface area contributed by atoms with E-state index in [-0.39, 0.29) is 37.0 Å². The highest BCUT2D eigenvalue weighted by Gasteiger charge is 2.36. The summed E-state index contributed by atoms with van der Waals surface area (Å²) in [5, 5.41) is 15.4. The summed E-state index contributed by atoms with van der Waals surface area (Å²) in [5.74, 6) is 1.12. The average molecular weight is 570 g/mol. The van der Waals surface area contributed by atoms with Gasteiger partial charge in [0, 0.05) is 42.1 Å². The normalized spacial score (nSPS) is 22.1. The molecule has 7 nitrogen and oxygen atoms in total. The maximum absolute atomic E-state index is 13.6. The van der Waals surface area contributed by atoms with E-state index in [1.54, 1.807) is 0 Å². The number of carboxylic acid groups (broad SMARTS) is 1. The van der Waals surface area contributed by atoms with Crippen molar-refractivity contribution in [2.75, 3.05) is 39.8 Å². The lowest BCUT2D eigenvalue weighted by Crippen LogP contribution is -2.45. The predicted octanol–water partition coefficient (Wildman–Crippen LogP) is 6.16. The number of hydrogen-bond donors (Lipinski definition) is 3. The number of amides is 2. The van der Waals surface area contributed by atoms with Crippen LogP contribution in [0.15, 0.2) is 42.5 Å². The largest absolute Gasteiger partial charge is 0.465 e. The lowest BCUT2D eigenvalue weighted by Gasteiger charge is -2.40. The van der Waals surface area contributed by atoms with Gasteiger partial charge in [0.25, 0.3) is 0 Å². The second-order valence-electron chi connectivity index (χ2n) is 11.2. The third kappa shape index (κ3) is 7.77. The van der Waals surface area contributed by atoms with Crippen molar-refractivity contribution in [3.05, 3.63) is 58.6 Å². The Morgan fingerprint density at radius 1 is 1.12 bits per heavy atom. The molecule has 0 aromatic heterocycles. The Morgan fingerprint density at radius 2 is 1.90 bits per heavy atom. The zero-order valence-corrected chi connectivity index (χ0v) is 24.6. The fourth-order valence-electron chi connectivity index (χ4n) is 6.47. The molecule has 1 aliphatic heterocycles. The summed E-state index contributed by atoms with van der Waals surface area (Å²) in [7, 11) is 1.99. The van der Waals surface area contributed by atoms with Crippen molar-refractivity contribution in [2.24, 2.45) is 17.8 Å². The molecule has 4 rings (SSSR count). The number of hydrogen-bond acceptors (Lipinski definition) is 4. The second-order valence-corrected chi connectivity index (χ2v) is 11.7. The zero-order valence-electron chi connectivity index (χ0n) is 23.8. The molecule has 0 spiro atoms. The Bertz CT molecular complexity index is 1130. The van der Waals surface area contributed by atoms with Gasteiger partial charge < -0.3 is 25.4 Å². The molecular weight excluding hydrogens is 526 g/mol. The van der Waals surface area contributed by atoms with Crippen LogP contribution in [0, 0.1) is 17.8 Å². The summed E-state index contributed by atoms with van der Waals surface area (Å²) in [6, 6.07) is 14.3. The van der Waals surface area contributed by atoms with Gasteiger partial charge in [-0.15, -0.1) is 0 Å². The first-order valence-electron chi connectivity index (χ1n) is 14.8. The number of carbonyl (C=O) groups is 2. The molecule has 2 fully saturated rings. The molecule has 0 radical (unpaired) electrons. The molecule has 3 N–H and O–H groups in total. The molecule has 1 heterocycles. The van der Waals surface area contributed by atoms with Crippen molar-refractivity contribution < 1.29 is 19.4 Å². The summed E-state index contributed by atoms with van der Waals surface area (Å²) in [5.41, 5.74) is 4.20. The highest BCUT2D eigenvalue weighted by Crippen LogP contribution is 2.42. The minimum atomic E-state index is -1.07. The molecule has 2 amide bonds. The van der Waals surface area contributed by atoms with Crippen LogP contribution in [0.25, 0.3) is 11.1 Å². The number of aryl methyl sites for hydroxylation is 1. The highest BCUT2D eigenvalue weighted by molar-refractivity contribution is 6.33. The summed E-state index contributed by atoms with van der Waals surface area (Å²) in [6.45, 7) is 4.99. The molecule has 1 saturated heterocycles. The van der Waals surface area contributed by atoms with E-state index < -0.39 is 6.09 Å². The first kappa shape index (κ1) is 30.4. The number of rotatable bonds is 11. The second kappa shape index (κ2) is 14.9. The van der Waals surface area contributed by atoms with E-state index in [9.17, 15) is 9.59 Å². The molecule has 1 saturated carbocycles. The lowest BCUT2D eigenvalue weighted by atomic mass is 9.80. The van der Waals surface area contributed by atoms with E-state index in [0.717, 1.165) is 74.7 Å². The fourth-order valence-corrected chi connectivity index (χ4v) is 6.76. The average Bonchev–Trinajstić information content (AvgIpc) is 2.97. The maximum Gasteiger partial charge on any atom is 0.404 e. The lowest BCUT2D eigenvalue weighted by molar-refractivity contribution is -0.140. The van der Waals surface area contributed by atoms with Crippen LogP contribution in [0.1, 0.15) is 62.7 Å². The van der Waals surface area contributed by atoms with Gasteiger partial charge in [-0.2, -0.15) is 0 Å². The molecule has 2 aromatic carbocycles. The van der Waals surface area contributed by atoms with Crippen molar-refractivity contribution in [3.8, 4) is 11.1 Å². The summed E-state index contributed by atoms with van der Waals surface area (Å²) in [4.78, 5) is 26.8. The van der Waals surface area contributed by atoms with Crippen molar-refractivity contribution >= 4 is 23.6 Å². The van der Waals surface area contributed by atoms with Crippen LogP contribution >= 0.6 is 11.6 Å². The first-order chi connectivity index (χ1) is 19.4. The van der Waals surface area contributed by atoms with Gasteiger partial charge in [-0.05, 0) is 87.2 Å². The molecule has 0 bridgehead atoms. The monoisotopic (exact) mass is 569 g/mol. The minimum Gasteiger partial charge on any atom is -0.465 e. The molecular formula is C32H44ClN3O4. The Hall–Kier alpha value is -2.61. The summed E-state index contributed by atoms with van der Waals surface area (Å²) in [6.07, 6.45) is 5.48. The number of piperidine rings is 1. The van der Waals surface area contributed by atoms with E-state index in [1.807, 2.05) is 19.2 Å². The van der Waals surface area contributed by atoms with Crippen LogP contribution in [0.2, 0.25) is 5.02 Å². The number of halogens is 1. The summed E-state index contributed by atoms with van der Waals surface area (Å²) >= 11 is 6.85. The number of ether oxygens (including phenoxy) is 1. The molecule has 1 aliphatic carbocycles. The van der Waals surface area contributed by atoms with Crippen LogP contribution in [-0.2, 0) is 16.0 Å². The standard InChI is InChI=1S/C32H44ClN3O4/c1-3-22-7-4-8-25(19-22)29-27(10-5-11-28(29)33)30(40-18-16-35-32(38)39)26-9-6-17-36(21-26)31(37)24-14-12-23(13-15-24)20-34-2/h4-5,7-8,10-11,19,23-24,26,30,34-35H,3,6,9,12-18,20-21H2,1-2H3,(H,38,39)/t23?,24?,26-,30-/m1/s1. The fraction of sp³-hybridized carbons (Fsp3) is 0.562. The van der Waals surface area contributed by atoms with Crippen LogP contribution in [-0.4, -0.2) is 61.8 Å². The minimum absolute atomic E-state index is 0.0785. The third-order valence-corrected chi connectivity index (χ3v) is 8.85. The number of carbonyl (C=O) groups excluding carboxylic acids is 1. The Labute approximate surface area is 243 Å². The van der Waals surface area contributed by atoms with Gasteiger partial charge in [-0.1, -0.05) is 54.9 Å². The number of nitrogens with zero attached hydrogens (tertiary/aromatic N) is 1. The van der Waals surface area contributed by atoms with Crippen molar-refractivity contribution in [1.82, 2.24) is 15.5 Å². The van der Waals surface area contributed by atoms with Gasteiger partial charge in [0.2, 0.25) is 5.91 Å². The number of benzene rings is 2. The van der Waals surface area contributed by atoms with Gasteiger partial charge in [-0.3, -0.25) is 4.79 Å². The first-order valence-corrected chi connectivity index (χ1v) is 15.2. The van der Waals surface area contributed by atoms with Gasteiger partial charge in [0.15, 0.2) is 0 Å². The Kier molecular flexibility index (Phi) is 11.3. The predicted molar refractivity (Wildman–Crippen MR) is 160 cm³/mol. The van der Waals surface area contributed by atoms with Crippen molar-refractivity contribution in [3.63, 3.8) is 0 Å². The highest BCUT2D eigenvalue weighted by atomic mass is 35.5. The molecule has 40 heavy (non-hydrogen) atoms. The third-order valence-electron chi connectivity index (χ3n) is 8.54. The van der Waals surface area contributed by atoms with Crippen LogP contribution in [0.4, 0.5) is 4.79 Å². The topological polar surface area (TPSA) is 90.9 Å². The number of nitrogens with one attached hydrogen (secondary N) is 2.